The molecule has 5 rings (SSSR count). The predicted octanol–water partition coefficient (Wildman–Crippen LogP) is 5.56. The summed E-state index contributed by atoms with van der Waals surface area (Å²) >= 11 is 5.91. The summed E-state index contributed by atoms with van der Waals surface area (Å²) < 4.78 is 5.83. The molecule has 0 unspecified atom stereocenters. The molecule has 0 spiro atoms. The number of para-hydroxylation sites is 2. The number of ether oxygens (including phenoxy) is 1. The number of hydrogen-bond donors (Lipinski definition) is 3. The number of nitrogens with zero attached hydrogens (tertiary/aromatic N) is 2. The number of aliphatic hydroxyl groups is 1. The van der Waals surface area contributed by atoms with E-state index in [1.807, 2.05) is 72.8 Å². The standard InChI is InChI=1S/C24H19ClN4O2/c25-16-7-5-15(6-8-16)14-31-18-11-9-17(10-12-18)29-13-21(30)22(23(29)26)24-27-19-3-1-2-4-20(19)28-24/h1-12,26,30H,13-14H2,(H,27,28). The number of amidine groups is 1. The summed E-state index contributed by atoms with van der Waals surface area (Å²) in [6.07, 6.45) is 0. The lowest BCUT2D eigenvalue weighted by atomic mass is 10.2. The van der Waals surface area contributed by atoms with Crippen LogP contribution in [0.2, 0.25) is 5.02 Å². The first-order chi connectivity index (χ1) is 15.1. The fourth-order valence-corrected chi connectivity index (χ4v) is 3.72. The first kappa shape index (κ1) is 19.2. The van der Waals surface area contributed by atoms with Gasteiger partial charge in [-0.25, -0.2) is 4.98 Å². The molecule has 1 aromatic heterocycles. The maximum absolute atomic E-state index is 10.6. The average molecular weight is 431 g/mol. The van der Waals surface area contributed by atoms with Gasteiger partial charge in [-0.15, -0.1) is 0 Å². The molecule has 0 saturated heterocycles. The molecule has 1 aliphatic heterocycles. The second-order valence-electron chi connectivity index (χ2n) is 7.27. The Morgan fingerprint density at radius 1 is 1.03 bits per heavy atom. The number of aliphatic hydroxyl groups excluding tert-OH is 1. The third kappa shape index (κ3) is 3.73. The van der Waals surface area contributed by atoms with Gasteiger partial charge >= 0.3 is 0 Å². The number of benzene rings is 3. The van der Waals surface area contributed by atoms with Crippen LogP contribution < -0.4 is 9.64 Å². The van der Waals surface area contributed by atoms with Gasteiger partial charge in [-0.1, -0.05) is 35.9 Å². The summed E-state index contributed by atoms with van der Waals surface area (Å²) in [5.74, 6) is 1.53. The van der Waals surface area contributed by atoms with Crippen molar-refractivity contribution in [1.82, 2.24) is 9.97 Å². The van der Waals surface area contributed by atoms with E-state index in [0.29, 0.717) is 23.0 Å². The summed E-state index contributed by atoms with van der Waals surface area (Å²) in [7, 11) is 0. The van der Waals surface area contributed by atoms with Crippen LogP contribution >= 0.6 is 11.6 Å². The number of imidazole rings is 1. The quantitative estimate of drug-likeness (QED) is 0.387. The topological polar surface area (TPSA) is 85.2 Å². The number of aromatic nitrogens is 2. The van der Waals surface area contributed by atoms with E-state index < -0.39 is 0 Å². The van der Waals surface area contributed by atoms with Gasteiger partial charge in [0.2, 0.25) is 0 Å². The van der Waals surface area contributed by atoms with Gasteiger partial charge in [0.1, 0.15) is 29.8 Å². The van der Waals surface area contributed by atoms with Crippen molar-refractivity contribution < 1.29 is 9.84 Å². The molecular weight excluding hydrogens is 412 g/mol. The highest BCUT2D eigenvalue weighted by Crippen LogP contribution is 2.31. The Morgan fingerprint density at radius 2 is 1.77 bits per heavy atom. The highest BCUT2D eigenvalue weighted by Gasteiger charge is 2.31. The van der Waals surface area contributed by atoms with E-state index in [4.69, 9.17) is 21.7 Å². The smallest absolute Gasteiger partial charge is 0.145 e. The number of rotatable bonds is 5. The summed E-state index contributed by atoms with van der Waals surface area (Å²) in [6.45, 7) is 0.658. The van der Waals surface area contributed by atoms with E-state index in [2.05, 4.69) is 9.97 Å². The van der Waals surface area contributed by atoms with Crippen LogP contribution in [0.25, 0.3) is 16.6 Å². The zero-order chi connectivity index (χ0) is 21.4. The third-order valence-electron chi connectivity index (χ3n) is 5.20. The van der Waals surface area contributed by atoms with Crippen molar-refractivity contribution in [2.75, 3.05) is 11.4 Å². The van der Waals surface area contributed by atoms with E-state index in [0.717, 1.165) is 28.0 Å². The van der Waals surface area contributed by atoms with Crippen LogP contribution in [0.3, 0.4) is 0 Å². The average Bonchev–Trinajstić information content (AvgIpc) is 3.33. The number of halogens is 1. The number of hydrogen-bond acceptors (Lipinski definition) is 4. The predicted molar refractivity (Wildman–Crippen MR) is 123 cm³/mol. The van der Waals surface area contributed by atoms with Gasteiger partial charge in [-0.3, -0.25) is 5.41 Å². The van der Waals surface area contributed by atoms with Crippen molar-refractivity contribution in [3.63, 3.8) is 0 Å². The Balaban J connectivity index is 1.30. The molecular formula is C24H19ClN4O2. The first-order valence-corrected chi connectivity index (χ1v) is 10.2. The Kier molecular flexibility index (Phi) is 4.84. The van der Waals surface area contributed by atoms with Crippen molar-refractivity contribution in [2.45, 2.75) is 6.61 Å². The third-order valence-corrected chi connectivity index (χ3v) is 5.45. The van der Waals surface area contributed by atoms with Crippen LogP contribution in [0.5, 0.6) is 5.75 Å². The molecule has 6 nitrogen and oxygen atoms in total. The number of fused-ring (bicyclic) bond motifs is 1. The van der Waals surface area contributed by atoms with Crippen LogP contribution in [0.4, 0.5) is 5.69 Å². The summed E-state index contributed by atoms with van der Waals surface area (Å²) in [5.41, 5.74) is 3.90. The maximum atomic E-state index is 10.6. The minimum absolute atomic E-state index is 0.118. The molecule has 0 aliphatic carbocycles. The second-order valence-corrected chi connectivity index (χ2v) is 7.70. The van der Waals surface area contributed by atoms with E-state index in [1.165, 1.54) is 0 Å². The molecule has 2 heterocycles. The minimum atomic E-state index is 0.118. The fourth-order valence-electron chi connectivity index (χ4n) is 3.59. The second kappa shape index (κ2) is 7.81. The van der Waals surface area contributed by atoms with E-state index >= 15 is 0 Å². The normalized spacial score (nSPS) is 14.0. The van der Waals surface area contributed by atoms with Gasteiger partial charge in [0.05, 0.1) is 23.2 Å². The zero-order valence-corrected chi connectivity index (χ0v) is 17.2. The van der Waals surface area contributed by atoms with Crippen LogP contribution in [-0.2, 0) is 6.61 Å². The summed E-state index contributed by atoms with van der Waals surface area (Å²) in [5, 5.41) is 19.9. The van der Waals surface area contributed by atoms with E-state index in [9.17, 15) is 5.11 Å². The maximum Gasteiger partial charge on any atom is 0.145 e. The largest absolute Gasteiger partial charge is 0.509 e. The number of anilines is 1. The molecule has 0 bridgehead atoms. The lowest BCUT2D eigenvalue weighted by molar-refractivity contribution is 0.306. The lowest BCUT2D eigenvalue weighted by Crippen LogP contribution is -2.26. The van der Waals surface area contributed by atoms with E-state index in [-0.39, 0.29) is 18.1 Å². The van der Waals surface area contributed by atoms with Crippen molar-refractivity contribution in [2.24, 2.45) is 0 Å². The van der Waals surface area contributed by atoms with Gasteiger partial charge < -0.3 is 19.7 Å². The first-order valence-electron chi connectivity index (χ1n) is 9.79. The lowest BCUT2D eigenvalue weighted by Gasteiger charge is -2.19. The monoisotopic (exact) mass is 430 g/mol. The number of H-pyrrole nitrogens is 1. The zero-order valence-electron chi connectivity index (χ0n) is 16.5. The van der Waals surface area contributed by atoms with Crippen molar-refractivity contribution >= 4 is 39.7 Å². The molecule has 3 N–H and O–H groups in total. The summed E-state index contributed by atoms with van der Waals surface area (Å²) in [6, 6.07) is 22.6. The highest BCUT2D eigenvalue weighted by molar-refractivity contribution is 6.30. The van der Waals surface area contributed by atoms with Crippen LogP contribution in [-0.4, -0.2) is 27.5 Å². The van der Waals surface area contributed by atoms with Crippen LogP contribution in [0.15, 0.2) is 78.6 Å². The molecule has 154 valence electrons. The Labute approximate surface area is 183 Å². The fraction of sp³-hybridized carbons (Fsp3) is 0.0833. The van der Waals surface area contributed by atoms with Gasteiger partial charge in [-0.2, -0.15) is 0 Å². The Bertz CT molecular complexity index is 1260. The minimum Gasteiger partial charge on any atom is -0.509 e. The Morgan fingerprint density at radius 3 is 2.52 bits per heavy atom. The van der Waals surface area contributed by atoms with Crippen molar-refractivity contribution in [1.29, 1.82) is 5.41 Å². The SMILES string of the molecule is N=C1C(c2nc3ccccc3[nH]2)=C(O)CN1c1ccc(OCc2ccc(Cl)cc2)cc1. The van der Waals surface area contributed by atoms with Gasteiger partial charge in [-0.05, 0) is 54.1 Å². The molecule has 3 aromatic carbocycles. The molecule has 7 heteroatoms. The van der Waals surface area contributed by atoms with Gasteiger partial charge in [0.15, 0.2) is 0 Å². The highest BCUT2D eigenvalue weighted by atomic mass is 35.5. The molecule has 0 fully saturated rings. The van der Waals surface area contributed by atoms with Crippen molar-refractivity contribution in [3.8, 4) is 5.75 Å². The van der Waals surface area contributed by atoms with E-state index in [1.54, 1.807) is 4.90 Å². The molecule has 0 saturated carbocycles. The van der Waals surface area contributed by atoms with Gasteiger partial charge in [0.25, 0.3) is 0 Å². The van der Waals surface area contributed by atoms with Crippen molar-refractivity contribution in [3.05, 3.63) is 95.0 Å². The Hall–Kier alpha value is -3.77. The van der Waals surface area contributed by atoms with Gasteiger partial charge in [0, 0.05) is 10.7 Å². The molecule has 4 aromatic rings. The number of aromatic amines is 1. The molecule has 0 radical (unpaired) electrons. The van der Waals surface area contributed by atoms with Crippen LogP contribution in [0, 0.1) is 5.41 Å². The molecule has 31 heavy (non-hydrogen) atoms. The van der Waals surface area contributed by atoms with Crippen LogP contribution in [0.1, 0.15) is 11.4 Å². The molecule has 0 atom stereocenters. The number of nitrogens with one attached hydrogen (secondary N) is 2. The molecule has 0 amide bonds. The molecule has 1 aliphatic rings. The summed E-state index contributed by atoms with van der Waals surface area (Å²) in [4.78, 5) is 9.45.